The zero-order valence-electron chi connectivity index (χ0n) is 15.2. The van der Waals surface area contributed by atoms with E-state index in [9.17, 15) is 13.2 Å². The van der Waals surface area contributed by atoms with Gasteiger partial charge < -0.3 is 10.1 Å². The molecule has 0 spiro atoms. The van der Waals surface area contributed by atoms with Gasteiger partial charge in [0, 0.05) is 30.7 Å². The van der Waals surface area contributed by atoms with Gasteiger partial charge in [-0.3, -0.25) is 4.79 Å². The summed E-state index contributed by atoms with van der Waals surface area (Å²) in [5.41, 5.74) is 1.57. The van der Waals surface area contributed by atoms with Crippen molar-refractivity contribution in [3.05, 3.63) is 70.8 Å². The van der Waals surface area contributed by atoms with Gasteiger partial charge in [0.15, 0.2) is 0 Å². The summed E-state index contributed by atoms with van der Waals surface area (Å²) in [6.45, 7) is 1.86. The monoisotopic (exact) mass is 420 g/mol. The lowest BCUT2D eigenvalue weighted by molar-refractivity contribution is -0.116. The summed E-state index contributed by atoms with van der Waals surface area (Å²) < 4.78 is 31.8. The van der Waals surface area contributed by atoms with Crippen LogP contribution in [0.4, 0.5) is 0 Å². The Morgan fingerprint density at radius 1 is 1.11 bits per heavy atom. The van der Waals surface area contributed by atoms with Crippen molar-refractivity contribution < 1.29 is 17.9 Å². The molecule has 0 radical (unpaired) electrons. The molecule has 0 saturated carbocycles. The largest absolute Gasteiger partial charge is 0.379 e. The minimum Gasteiger partial charge on any atom is -0.379 e. The summed E-state index contributed by atoms with van der Waals surface area (Å²) in [7, 11) is -3.52. The second kappa shape index (κ2) is 9.34. The molecule has 0 aromatic heterocycles. The van der Waals surface area contributed by atoms with Crippen molar-refractivity contribution in [2.75, 3.05) is 26.3 Å². The van der Waals surface area contributed by atoms with E-state index in [4.69, 9.17) is 16.3 Å². The molecule has 1 saturated heterocycles. The topological polar surface area (TPSA) is 75.7 Å². The maximum absolute atomic E-state index is 12.6. The first-order valence-electron chi connectivity index (χ1n) is 8.84. The predicted octanol–water partition coefficient (Wildman–Crippen LogP) is 2.69. The number of morpholine rings is 1. The second-order valence-corrected chi connectivity index (χ2v) is 8.57. The van der Waals surface area contributed by atoms with Gasteiger partial charge in [0.05, 0.1) is 18.1 Å². The molecule has 148 valence electrons. The number of hydrogen-bond acceptors (Lipinski definition) is 4. The zero-order valence-corrected chi connectivity index (χ0v) is 16.7. The molecule has 0 unspecified atom stereocenters. The van der Waals surface area contributed by atoms with Crippen LogP contribution in [0.2, 0.25) is 5.02 Å². The van der Waals surface area contributed by atoms with Crippen LogP contribution in [0.25, 0.3) is 6.08 Å². The Hall–Kier alpha value is -2.19. The Labute approximate surface area is 169 Å². The zero-order chi connectivity index (χ0) is 20.0. The number of benzene rings is 2. The van der Waals surface area contributed by atoms with Crippen LogP contribution in [0.3, 0.4) is 0 Å². The lowest BCUT2D eigenvalue weighted by Gasteiger charge is -2.26. The molecule has 1 amide bonds. The summed E-state index contributed by atoms with van der Waals surface area (Å²) >= 11 is 6.06. The van der Waals surface area contributed by atoms with Crippen molar-refractivity contribution in [3.63, 3.8) is 0 Å². The summed E-state index contributed by atoms with van der Waals surface area (Å²) in [5.74, 6) is -0.259. The maximum Gasteiger partial charge on any atom is 0.244 e. The van der Waals surface area contributed by atoms with Crippen molar-refractivity contribution in [3.8, 4) is 0 Å². The number of ether oxygens (including phenoxy) is 1. The first kappa shape index (κ1) is 20.5. The number of carbonyl (C=O) groups is 1. The highest BCUT2D eigenvalue weighted by molar-refractivity contribution is 7.89. The molecule has 0 bridgehead atoms. The van der Waals surface area contributed by atoms with E-state index in [2.05, 4.69) is 5.32 Å². The highest BCUT2D eigenvalue weighted by Gasteiger charge is 2.25. The minimum atomic E-state index is -3.52. The van der Waals surface area contributed by atoms with Gasteiger partial charge >= 0.3 is 0 Å². The smallest absolute Gasteiger partial charge is 0.244 e. The van der Waals surface area contributed by atoms with E-state index in [-0.39, 0.29) is 10.8 Å². The third-order valence-corrected chi connectivity index (χ3v) is 6.61. The van der Waals surface area contributed by atoms with E-state index in [0.717, 1.165) is 11.1 Å². The fourth-order valence-corrected chi connectivity index (χ4v) is 4.35. The molecular formula is C20H21ClN2O4S. The third-order valence-electron chi connectivity index (χ3n) is 4.33. The Bertz CT molecular complexity index is 952. The van der Waals surface area contributed by atoms with Crippen LogP contribution in [0.5, 0.6) is 0 Å². The molecule has 1 aliphatic heterocycles. The molecule has 1 N–H and O–H groups in total. The number of sulfonamides is 1. The van der Waals surface area contributed by atoms with Gasteiger partial charge in [0.1, 0.15) is 0 Å². The number of halogens is 1. The normalized spacial score (nSPS) is 15.6. The van der Waals surface area contributed by atoms with Crippen molar-refractivity contribution in [1.29, 1.82) is 0 Å². The van der Waals surface area contributed by atoms with Crippen molar-refractivity contribution in [2.24, 2.45) is 0 Å². The fourth-order valence-electron chi connectivity index (χ4n) is 2.74. The maximum atomic E-state index is 12.6. The predicted molar refractivity (Wildman–Crippen MR) is 108 cm³/mol. The Morgan fingerprint density at radius 3 is 2.46 bits per heavy atom. The molecule has 2 aromatic carbocycles. The number of nitrogens with zero attached hydrogens (tertiary/aromatic N) is 1. The van der Waals surface area contributed by atoms with E-state index in [1.165, 1.54) is 10.4 Å². The van der Waals surface area contributed by atoms with Crippen molar-refractivity contribution >= 4 is 33.6 Å². The van der Waals surface area contributed by atoms with Crippen LogP contribution in [0.15, 0.2) is 59.5 Å². The summed E-state index contributed by atoms with van der Waals surface area (Å²) in [5, 5.41) is 3.36. The molecule has 6 nitrogen and oxygen atoms in total. The molecule has 8 heteroatoms. The average Bonchev–Trinajstić information content (AvgIpc) is 2.72. The van der Waals surface area contributed by atoms with Gasteiger partial charge in [-0.15, -0.1) is 0 Å². The number of hydrogen-bond donors (Lipinski definition) is 1. The molecule has 2 aromatic rings. The van der Waals surface area contributed by atoms with E-state index >= 15 is 0 Å². The van der Waals surface area contributed by atoms with E-state index in [0.29, 0.717) is 37.9 Å². The number of rotatable bonds is 6. The first-order valence-corrected chi connectivity index (χ1v) is 10.7. The highest BCUT2D eigenvalue weighted by Crippen LogP contribution is 2.18. The minimum absolute atomic E-state index is 0.231. The molecule has 1 fully saturated rings. The quantitative estimate of drug-likeness (QED) is 0.729. The first-order chi connectivity index (χ1) is 13.5. The summed E-state index contributed by atoms with van der Waals surface area (Å²) in [6, 6.07) is 13.7. The van der Waals surface area contributed by atoms with Gasteiger partial charge in [-0.1, -0.05) is 41.9 Å². The second-order valence-electron chi connectivity index (χ2n) is 6.23. The van der Waals surface area contributed by atoms with Gasteiger partial charge in [0.25, 0.3) is 0 Å². The van der Waals surface area contributed by atoms with Gasteiger partial charge in [-0.25, -0.2) is 8.42 Å². The number of nitrogens with one attached hydrogen (secondary N) is 1. The van der Waals surface area contributed by atoms with Crippen LogP contribution in [0, 0.1) is 0 Å². The molecule has 1 aliphatic rings. The number of amides is 1. The highest BCUT2D eigenvalue weighted by atomic mass is 35.5. The van der Waals surface area contributed by atoms with Crippen molar-refractivity contribution in [1.82, 2.24) is 9.62 Å². The molecule has 1 heterocycles. The SMILES string of the molecule is O=C(/C=C/c1ccc(S(=O)(=O)N2CCOCC2)cc1)NCc1ccccc1Cl. The lowest BCUT2D eigenvalue weighted by atomic mass is 10.2. The average molecular weight is 421 g/mol. The van der Waals surface area contributed by atoms with Crippen LogP contribution < -0.4 is 5.32 Å². The molecule has 0 aliphatic carbocycles. The van der Waals surface area contributed by atoms with Crippen LogP contribution >= 0.6 is 11.6 Å². The number of carbonyl (C=O) groups excluding carboxylic acids is 1. The van der Waals surface area contributed by atoms with Crippen LogP contribution in [-0.2, 0) is 26.1 Å². The standard InChI is InChI=1S/C20H21ClN2O4S/c21-19-4-2-1-3-17(19)15-22-20(24)10-7-16-5-8-18(9-6-16)28(25,26)23-11-13-27-14-12-23/h1-10H,11-15H2,(H,22,24)/b10-7+. The Morgan fingerprint density at radius 2 is 1.79 bits per heavy atom. The molecule has 0 atom stereocenters. The molecule has 3 rings (SSSR count). The Kier molecular flexibility index (Phi) is 6.85. The van der Waals surface area contributed by atoms with Gasteiger partial charge in [0.2, 0.25) is 15.9 Å². The fraction of sp³-hybridized carbons (Fsp3) is 0.250. The molecular weight excluding hydrogens is 400 g/mol. The van der Waals surface area contributed by atoms with Crippen LogP contribution in [-0.4, -0.2) is 44.9 Å². The van der Waals surface area contributed by atoms with Gasteiger partial charge in [-0.2, -0.15) is 4.31 Å². The van der Waals surface area contributed by atoms with Crippen molar-refractivity contribution in [2.45, 2.75) is 11.4 Å². The Balaban J connectivity index is 1.59. The van der Waals surface area contributed by atoms with E-state index < -0.39 is 10.0 Å². The van der Waals surface area contributed by atoms with E-state index in [1.54, 1.807) is 36.4 Å². The van der Waals surface area contributed by atoms with Crippen LogP contribution in [0.1, 0.15) is 11.1 Å². The summed E-state index contributed by atoms with van der Waals surface area (Å²) in [4.78, 5) is 12.2. The summed E-state index contributed by atoms with van der Waals surface area (Å²) in [6.07, 6.45) is 3.04. The van der Waals surface area contributed by atoms with Gasteiger partial charge in [-0.05, 0) is 35.4 Å². The third kappa shape index (κ3) is 5.20. The molecule has 28 heavy (non-hydrogen) atoms. The van der Waals surface area contributed by atoms with E-state index in [1.807, 2.05) is 18.2 Å². The lowest BCUT2D eigenvalue weighted by Crippen LogP contribution is -2.40.